The van der Waals surface area contributed by atoms with Crippen molar-refractivity contribution in [2.45, 2.75) is 32.2 Å². The molecule has 0 saturated heterocycles. The molecule has 0 radical (unpaired) electrons. The van der Waals surface area contributed by atoms with Crippen molar-refractivity contribution in [3.63, 3.8) is 0 Å². The van der Waals surface area contributed by atoms with E-state index in [-0.39, 0.29) is 5.69 Å². The van der Waals surface area contributed by atoms with E-state index in [1.54, 1.807) is 0 Å². The van der Waals surface area contributed by atoms with Gasteiger partial charge in [-0.3, -0.25) is 0 Å². The molecule has 3 rings (SSSR count). The molecule has 2 unspecified atom stereocenters. The molecule has 0 aliphatic heterocycles. The maximum atomic E-state index is 11.3. The van der Waals surface area contributed by atoms with E-state index in [4.69, 9.17) is 0 Å². The monoisotopic (exact) mass is 309 g/mol. The van der Waals surface area contributed by atoms with Crippen molar-refractivity contribution in [1.82, 2.24) is 9.97 Å². The van der Waals surface area contributed by atoms with E-state index in [9.17, 15) is 4.79 Å². The maximum absolute atomic E-state index is 11.3. The number of aromatic amines is 2. The van der Waals surface area contributed by atoms with E-state index in [2.05, 4.69) is 38.1 Å². The topological polar surface area (TPSA) is 60.7 Å². The Labute approximate surface area is 113 Å². The van der Waals surface area contributed by atoms with Gasteiger partial charge in [0.15, 0.2) is 0 Å². The third kappa shape index (κ3) is 2.07. The van der Waals surface area contributed by atoms with Crippen LogP contribution >= 0.6 is 15.9 Å². The second-order valence-corrected chi connectivity index (χ2v) is 5.97. The minimum Gasteiger partial charge on any atom is -0.381 e. The van der Waals surface area contributed by atoms with Crippen molar-refractivity contribution in [2.75, 3.05) is 5.32 Å². The predicted octanol–water partition coefficient (Wildman–Crippen LogP) is 3.22. The van der Waals surface area contributed by atoms with E-state index in [0.29, 0.717) is 12.0 Å². The van der Waals surface area contributed by atoms with Gasteiger partial charge in [-0.25, -0.2) is 4.79 Å². The van der Waals surface area contributed by atoms with Gasteiger partial charge >= 0.3 is 5.69 Å². The van der Waals surface area contributed by atoms with Crippen LogP contribution in [0.2, 0.25) is 0 Å². The fourth-order valence-electron chi connectivity index (χ4n) is 2.73. The van der Waals surface area contributed by atoms with Crippen LogP contribution in [0.1, 0.15) is 26.2 Å². The summed E-state index contributed by atoms with van der Waals surface area (Å²) in [6.45, 7) is 2.29. The van der Waals surface area contributed by atoms with Crippen molar-refractivity contribution in [3.8, 4) is 0 Å². The summed E-state index contributed by atoms with van der Waals surface area (Å²) in [5, 5.41) is 3.58. The van der Waals surface area contributed by atoms with Crippen LogP contribution in [0.5, 0.6) is 0 Å². The highest BCUT2D eigenvalue weighted by Crippen LogP contribution is 2.32. The third-order valence-corrected chi connectivity index (χ3v) is 4.46. The van der Waals surface area contributed by atoms with Gasteiger partial charge in [0.2, 0.25) is 0 Å². The Hall–Kier alpha value is -1.23. The Morgan fingerprint density at radius 3 is 2.67 bits per heavy atom. The van der Waals surface area contributed by atoms with E-state index < -0.39 is 0 Å². The Morgan fingerprint density at radius 2 is 2.00 bits per heavy atom. The second kappa shape index (κ2) is 4.46. The summed E-state index contributed by atoms with van der Waals surface area (Å²) < 4.78 is 0.990. The molecule has 3 N–H and O–H groups in total. The number of hydrogen-bond acceptors (Lipinski definition) is 2. The summed E-state index contributed by atoms with van der Waals surface area (Å²) in [6, 6.07) is 4.46. The van der Waals surface area contributed by atoms with Gasteiger partial charge in [-0.1, -0.05) is 13.3 Å². The summed E-state index contributed by atoms with van der Waals surface area (Å²) in [6.07, 6.45) is 3.80. The smallest absolute Gasteiger partial charge is 0.323 e. The number of halogens is 1. The summed E-state index contributed by atoms with van der Waals surface area (Å²) in [4.78, 5) is 16.8. The number of nitrogens with one attached hydrogen (secondary N) is 3. The fourth-order valence-corrected chi connectivity index (χ4v) is 3.18. The minimum absolute atomic E-state index is 0.164. The van der Waals surface area contributed by atoms with Crippen LogP contribution in [0, 0.1) is 5.92 Å². The molecule has 1 heterocycles. The van der Waals surface area contributed by atoms with E-state index in [0.717, 1.165) is 21.2 Å². The predicted molar refractivity (Wildman–Crippen MR) is 77.0 cm³/mol. The zero-order chi connectivity index (χ0) is 12.7. The van der Waals surface area contributed by atoms with Crippen molar-refractivity contribution in [3.05, 3.63) is 27.1 Å². The van der Waals surface area contributed by atoms with E-state index in [1.807, 2.05) is 12.1 Å². The molecule has 1 aromatic carbocycles. The average molecular weight is 310 g/mol. The van der Waals surface area contributed by atoms with Crippen LogP contribution in [0.4, 0.5) is 5.69 Å². The first-order valence-electron chi connectivity index (χ1n) is 6.31. The van der Waals surface area contributed by atoms with Crippen LogP contribution < -0.4 is 11.0 Å². The molecule has 1 aliphatic rings. The quantitative estimate of drug-likeness (QED) is 0.797. The molecule has 0 bridgehead atoms. The van der Waals surface area contributed by atoms with E-state index in [1.165, 1.54) is 19.3 Å². The van der Waals surface area contributed by atoms with Crippen molar-refractivity contribution in [2.24, 2.45) is 5.92 Å². The van der Waals surface area contributed by atoms with Crippen LogP contribution in [0.25, 0.3) is 11.0 Å². The molecule has 4 nitrogen and oxygen atoms in total. The number of H-pyrrole nitrogens is 2. The molecule has 2 atom stereocenters. The van der Waals surface area contributed by atoms with Gasteiger partial charge < -0.3 is 15.3 Å². The molecular formula is C13H16BrN3O. The number of fused-ring (bicyclic) bond motifs is 1. The normalized spacial score (nSPS) is 23.7. The molecule has 0 spiro atoms. The first kappa shape index (κ1) is 11.8. The van der Waals surface area contributed by atoms with Crippen LogP contribution in [-0.4, -0.2) is 16.0 Å². The number of imidazole rings is 1. The van der Waals surface area contributed by atoms with Gasteiger partial charge in [0, 0.05) is 10.5 Å². The lowest BCUT2D eigenvalue weighted by Crippen LogP contribution is -2.21. The summed E-state index contributed by atoms with van der Waals surface area (Å²) in [7, 11) is 0. The molecule has 0 amide bonds. The van der Waals surface area contributed by atoms with Gasteiger partial charge in [-0.2, -0.15) is 0 Å². The lowest BCUT2D eigenvalue weighted by Gasteiger charge is -2.19. The van der Waals surface area contributed by atoms with Crippen LogP contribution in [0.15, 0.2) is 21.4 Å². The highest BCUT2D eigenvalue weighted by Gasteiger charge is 2.23. The highest BCUT2D eigenvalue weighted by atomic mass is 79.9. The minimum atomic E-state index is -0.164. The number of benzene rings is 1. The first-order chi connectivity index (χ1) is 8.63. The molecule has 96 valence electrons. The molecule has 18 heavy (non-hydrogen) atoms. The molecular weight excluding hydrogens is 294 g/mol. The number of rotatable bonds is 2. The first-order valence-corrected chi connectivity index (χ1v) is 7.11. The second-order valence-electron chi connectivity index (χ2n) is 5.12. The zero-order valence-electron chi connectivity index (χ0n) is 10.2. The summed E-state index contributed by atoms with van der Waals surface area (Å²) in [5.41, 5.74) is 2.56. The molecule has 1 aromatic heterocycles. The Balaban J connectivity index is 1.95. The average Bonchev–Trinajstić information content (AvgIpc) is 2.85. The zero-order valence-corrected chi connectivity index (χ0v) is 11.8. The van der Waals surface area contributed by atoms with Crippen LogP contribution in [0.3, 0.4) is 0 Å². The van der Waals surface area contributed by atoms with Gasteiger partial charge in [-0.05, 0) is 46.8 Å². The highest BCUT2D eigenvalue weighted by molar-refractivity contribution is 9.10. The third-order valence-electron chi connectivity index (χ3n) is 3.81. The van der Waals surface area contributed by atoms with Crippen molar-refractivity contribution in [1.29, 1.82) is 0 Å². The fraction of sp³-hybridized carbons (Fsp3) is 0.462. The van der Waals surface area contributed by atoms with Crippen LogP contribution in [-0.2, 0) is 0 Å². The molecule has 1 saturated carbocycles. The summed E-state index contributed by atoms with van der Waals surface area (Å²) >= 11 is 3.56. The maximum Gasteiger partial charge on any atom is 0.323 e. The molecule has 5 heteroatoms. The number of hydrogen-bond donors (Lipinski definition) is 3. The SMILES string of the molecule is CC1CCCC1Nc1cc2[nH]c(=O)[nH]c2cc1Br. The Bertz CT molecular complexity index is 631. The van der Waals surface area contributed by atoms with Crippen molar-refractivity contribution < 1.29 is 0 Å². The van der Waals surface area contributed by atoms with Gasteiger partial charge in [-0.15, -0.1) is 0 Å². The number of anilines is 1. The molecule has 1 aliphatic carbocycles. The Morgan fingerprint density at radius 1 is 1.28 bits per heavy atom. The molecule has 2 aromatic rings. The standard InChI is InChI=1S/C13H16BrN3O/c1-7-3-2-4-9(7)15-10-6-12-11(5-8(10)14)16-13(18)17-12/h5-7,9,15H,2-4H2,1H3,(H2,16,17,18). The Kier molecular flexibility index (Phi) is 2.93. The summed E-state index contributed by atoms with van der Waals surface area (Å²) in [5.74, 6) is 0.706. The largest absolute Gasteiger partial charge is 0.381 e. The number of aromatic nitrogens is 2. The van der Waals surface area contributed by atoms with Gasteiger partial charge in [0.25, 0.3) is 0 Å². The molecule has 1 fully saturated rings. The lowest BCUT2D eigenvalue weighted by atomic mass is 10.1. The lowest BCUT2D eigenvalue weighted by molar-refractivity contribution is 0.556. The van der Waals surface area contributed by atoms with Gasteiger partial charge in [0.05, 0.1) is 16.7 Å². The van der Waals surface area contributed by atoms with E-state index >= 15 is 0 Å². The van der Waals surface area contributed by atoms with Gasteiger partial charge in [0.1, 0.15) is 0 Å². The van der Waals surface area contributed by atoms with Crippen molar-refractivity contribution >= 4 is 32.7 Å².